The zero-order valence-electron chi connectivity index (χ0n) is 15.1. The molecule has 0 unspecified atom stereocenters. The number of amides is 1. The predicted octanol–water partition coefficient (Wildman–Crippen LogP) is 4.22. The lowest BCUT2D eigenvalue weighted by molar-refractivity contribution is -0.113. The largest absolute Gasteiger partial charge is 0.489 e. The predicted molar refractivity (Wildman–Crippen MR) is 113 cm³/mol. The van der Waals surface area contributed by atoms with Gasteiger partial charge in [0.2, 0.25) is 0 Å². The zero-order valence-corrected chi connectivity index (χ0v) is 16.7. The van der Waals surface area contributed by atoms with E-state index in [-0.39, 0.29) is 5.91 Å². The summed E-state index contributed by atoms with van der Waals surface area (Å²) in [5, 5.41) is 1.46. The summed E-state index contributed by atoms with van der Waals surface area (Å²) in [6, 6.07) is 15.2. The molecule has 0 radical (unpaired) electrons. The van der Waals surface area contributed by atoms with Crippen molar-refractivity contribution in [3.05, 3.63) is 69.6 Å². The molecule has 0 N–H and O–H groups in total. The third-order valence-corrected chi connectivity index (χ3v) is 5.66. The van der Waals surface area contributed by atoms with Crippen LogP contribution < -0.4 is 4.74 Å². The number of hydrogen-bond acceptors (Lipinski definition) is 5. The number of morpholine rings is 1. The van der Waals surface area contributed by atoms with E-state index in [1.807, 2.05) is 54.6 Å². The highest BCUT2D eigenvalue weighted by Crippen LogP contribution is 2.31. The van der Waals surface area contributed by atoms with E-state index in [0.29, 0.717) is 29.7 Å². The molecule has 0 spiro atoms. The first-order valence-corrected chi connectivity index (χ1v) is 10.2. The summed E-state index contributed by atoms with van der Waals surface area (Å²) in [7, 11) is 0. The molecule has 1 amide bonds. The molecule has 2 aliphatic heterocycles. The summed E-state index contributed by atoms with van der Waals surface area (Å²) in [5.74, 6) is 0.549. The molecule has 2 aromatic carbocycles. The standard InChI is InChI=1S/C21H19ClN2O3S/c22-17-6-4-15(5-7-17)14-27-18-3-1-2-16(12-18)13-19-20(25)23-21(28-19)24-8-10-26-11-9-24/h1-7,12-13H,8-11,14H2/b19-13+. The van der Waals surface area contributed by atoms with E-state index >= 15 is 0 Å². The van der Waals surface area contributed by atoms with Gasteiger partial charge in [-0.25, -0.2) is 0 Å². The second-order valence-corrected chi connectivity index (χ2v) is 7.84. The SMILES string of the molecule is O=C1N=C(N2CCOCC2)S/C1=C/c1cccc(OCc2ccc(Cl)cc2)c1. The van der Waals surface area contributed by atoms with Crippen LogP contribution in [0.2, 0.25) is 5.02 Å². The molecular weight excluding hydrogens is 396 g/mol. The first-order chi connectivity index (χ1) is 13.7. The number of nitrogens with zero attached hydrogens (tertiary/aromatic N) is 2. The Labute approximate surface area is 173 Å². The molecule has 0 aliphatic carbocycles. The van der Waals surface area contributed by atoms with Crippen molar-refractivity contribution in [3.8, 4) is 5.75 Å². The average molecular weight is 415 g/mol. The molecule has 5 nitrogen and oxygen atoms in total. The van der Waals surface area contributed by atoms with Gasteiger partial charge in [0.15, 0.2) is 5.17 Å². The number of carbonyl (C=O) groups is 1. The minimum absolute atomic E-state index is 0.195. The zero-order chi connectivity index (χ0) is 19.3. The van der Waals surface area contributed by atoms with Gasteiger partial charge in [0.1, 0.15) is 12.4 Å². The monoisotopic (exact) mass is 414 g/mol. The molecule has 0 bridgehead atoms. The van der Waals surface area contributed by atoms with Crippen molar-refractivity contribution < 1.29 is 14.3 Å². The van der Waals surface area contributed by atoms with Crippen LogP contribution in [0.25, 0.3) is 6.08 Å². The Morgan fingerprint density at radius 2 is 1.96 bits per heavy atom. The molecule has 0 aromatic heterocycles. The fraction of sp³-hybridized carbons (Fsp3) is 0.238. The van der Waals surface area contributed by atoms with E-state index in [2.05, 4.69) is 9.89 Å². The fourth-order valence-corrected chi connectivity index (χ4v) is 3.97. The maximum atomic E-state index is 12.3. The maximum Gasteiger partial charge on any atom is 0.286 e. The third kappa shape index (κ3) is 4.76. The van der Waals surface area contributed by atoms with E-state index in [4.69, 9.17) is 21.1 Å². The second-order valence-electron chi connectivity index (χ2n) is 6.40. The number of halogens is 1. The van der Waals surface area contributed by atoms with Gasteiger partial charge in [0.25, 0.3) is 5.91 Å². The number of ether oxygens (including phenoxy) is 2. The van der Waals surface area contributed by atoms with Crippen LogP contribution in [0.5, 0.6) is 5.75 Å². The van der Waals surface area contributed by atoms with E-state index in [1.165, 1.54) is 11.8 Å². The molecular formula is C21H19ClN2O3S. The van der Waals surface area contributed by atoms with Crippen molar-refractivity contribution in [2.24, 2.45) is 4.99 Å². The summed E-state index contributed by atoms with van der Waals surface area (Å²) in [4.78, 5) is 19.2. The van der Waals surface area contributed by atoms with E-state index in [9.17, 15) is 4.79 Å². The van der Waals surface area contributed by atoms with Gasteiger partial charge in [-0.3, -0.25) is 4.79 Å². The van der Waals surface area contributed by atoms with Crippen molar-refractivity contribution in [1.82, 2.24) is 4.90 Å². The van der Waals surface area contributed by atoms with Crippen molar-refractivity contribution >= 4 is 40.5 Å². The van der Waals surface area contributed by atoms with Gasteiger partial charge in [-0.1, -0.05) is 35.9 Å². The summed E-state index contributed by atoms with van der Waals surface area (Å²) >= 11 is 7.32. The van der Waals surface area contributed by atoms with Crippen LogP contribution in [0, 0.1) is 0 Å². The summed E-state index contributed by atoms with van der Waals surface area (Å²) < 4.78 is 11.2. The highest BCUT2D eigenvalue weighted by atomic mass is 35.5. The van der Waals surface area contributed by atoms with E-state index in [1.54, 1.807) is 0 Å². The van der Waals surface area contributed by atoms with E-state index in [0.717, 1.165) is 35.1 Å². The molecule has 7 heteroatoms. The normalized spacial score (nSPS) is 18.5. The minimum Gasteiger partial charge on any atom is -0.489 e. The number of hydrogen-bond donors (Lipinski definition) is 0. The molecule has 28 heavy (non-hydrogen) atoms. The van der Waals surface area contributed by atoms with Gasteiger partial charge in [0.05, 0.1) is 18.1 Å². The highest BCUT2D eigenvalue weighted by Gasteiger charge is 2.27. The van der Waals surface area contributed by atoms with Gasteiger partial charge in [0, 0.05) is 18.1 Å². The summed E-state index contributed by atoms with van der Waals surface area (Å²) in [6.07, 6.45) is 1.86. The molecule has 1 saturated heterocycles. The first-order valence-electron chi connectivity index (χ1n) is 9.00. The lowest BCUT2D eigenvalue weighted by Gasteiger charge is -2.27. The Balaban J connectivity index is 1.41. The number of carbonyl (C=O) groups excluding carboxylic acids is 1. The van der Waals surface area contributed by atoms with Crippen LogP contribution in [-0.4, -0.2) is 42.3 Å². The van der Waals surface area contributed by atoms with Crippen molar-refractivity contribution in [2.75, 3.05) is 26.3 Å². The average Bonchev–Trinajstić information content (AvgIpc) is 3.09. The number of thioether (sulfide) groups is 1. The van der Waals surface area contributed by atoms with Crippen molar-refractivity contribution in [3.63, 3.8) is 0 Å². The highest BCUT2D eigenvalue weighted by molar-refractivity contribution is 8.18. The van der Waals surface area contributed by atoms with Crippen LogP contribution >= 0.6 is 23.4 Å². The van der Waals surface area contributed by atoms with Gasteiger partial charge < -0.3 is 14.4 Å². The second kappa shape index (κ2) is 8.82. The minimum atomic E-state index is -0.195. The van der Waals surface area contributed by atoms with Gasteiger partial charge in [-0.2, -0.15) is 4.99 Å². The molecule has 4 rings (SSSR count). The van der Waals surface area contributed by atoms with Crippen LogP contribution in [0.4, 0.5) is 0 Å². The Kier molecular flexibility index (Phi) is 6.00. The van der Waals surface area contributed by atoms with Gasteiger partial charge in [-0.05, 0) is 53.2 Å². The molecule has 2 aromatic rings. The molecule has 144 valence electrons. The number of benzene rings is 2. The molecule has 2 aliphatic rings. The Morgan fingerprint density at radius 1 is 1.18 bits per heavy atom. The molecule has 2 heterocycles. The Morgan fingerprint density at radius 3 is 2.75 bits per heavy atom. The Bertz CT molecular complexity index is 922. The molecule has 0 saturated carbocycles. The fourth-order valence-electron chi connectivity index (χ4n) is 2.88. The number of amidine groups is 1. The smallest absolute Gasteiger partial charge is 0.286 e. The van der Waals surface area contributed by atoms with E-state index < -0.39 is 0 Å². The Hall–Kier alpha value is -2.28. The van der Waals surface area contributed by atoms with Crippen LogP contribution in [0.15, 0.2) is 58.4 Å². The van der Waals surface area contributed by atoms with Gasteiger partial charge in [-0.15, -0.1) is 0 Å². The van der Waals surface area contributed by atoms with Crippen LogP contribution in [0.3, 0.4) is 0 Å². The van der Waals surface area contributed by atoms with Crippen molar-refractivity contribution in [2.45, 2.75) is 6.61 Å². The maximum absolute atomic E-state index is 12.3. The molecule has 1 fully saturated rings. The van der Waals surface area contributed by atoms with Crippen LogP contribution in [-0.2, 0) is 16.1 Å². The van der Waals surface area contributed by atoms with Crippen molar-refractivity contribution in [1.29, 1.82) is 0 Å². The number of rotatable bonds is 4. The number of aliphatic imine (C=N–C) groups is 1. The molecule has 0 atom stereocenters. The third-order valence-electron chi connectivity index (χ3n) is 4.37. The lowest BCUT2D eigenvalue weighted by Crippen LogP contribution is -2.38. The quantitative estimate of drug-likeness (QED) is 0.701. The topological polar surface area (TPSA) is 51.1 Å². The summed E-state index contributed by atoms with van der Waals surface area (Å²) in [5.41, 5.74) is 1.95. The lowest BCUT2D eigenvalue weighted by atomic mass is 10.2. The van der Waals surface area contributed by atoms with Crippen LogP contribution in [0.1, 0.15) is 11.1 Å². The summed E-state index contributed by atoms with van der Waals surface area (Å²) in [6.45, 7) is 3.32. The first kappa shape index (κ1) is 19.1. The van der Waals surface area contributed by atoms with Gasteiger partial charge >= 0.3 is 0 Å².